The molecule has 1 unspecified atom stereocenters. The fourth-order valence-corrected chi connectivity index (χ4v) is 2.14. The van der Waals surface area contributed by atoms with Gasteiger partial charge >= 0.3 is 0 Å². The molecule has 0 amide bonds. The Morgan fingerprint density at radius 3 is 2.89 bits per heavy atom. The summed E-state index contributed by atoms with van der Waals surface area (Å²) in [7, 11) is 1.65. The Balaban J connectivity index is 2.24. The predicted molar refractivity (Wildman–Crippen MR) is 72.7 cm³/mol. The van der Waals surface area contributed by atoms with Crippen molar-refractivity contribution < 1.29 is 9.84 Å². The monoisotopic (exact) mass is 310 g/mol. The second-order valence-corrected chi connectivity index (χ2v) is 5.02. The first kappa shape index (κ1) is 13.1. The number of ether oxygens (including phenoxy) is 1. The summed E-state index contributed by atoms with van der Waals surface area (Å²) < 4.78 is 8.10. The summed E-state index contributed by atoms with van der Waals surface area (Å²) in [4.78, 5) is 0. The third kappa shape index (κ3) is 2.91. The van der Waals surface area contributed by atoms with Crippen LogP contribution < -0.4 is 4.74 Å². The maximum absolute atomic E-state index is 9.46. The van der Waals surface area contributed by atoms with Gasteiger partial charge in [0.2, 0.25) is 0 Å². The number of methoxy groups -OCH3 is 1. The number of benzene rings is 1. The lowest BCUT2D eigenvalue weighted by Gasteiger charge is -2.09. The minimum absolute atomic E-state index is 0.497. The van der Waals surface area contributed by atoms with Crippen LogP contribution in [0.4, 0.5) is 0 Å². The largest absolute Gasteiger partial charge is 0.496 e. The second kappa shape index (κ2) is 5.54. The quantitative estimate of drug-likeness (QED) is 0.944. The van der Waals surface area contributed by atoms with Crippen molar-refractivity contribution >= 4 is 15.9 Å². The van der Waals surface area contributed by atoms with E-state index in [1.54, 1.807) is 24.9 Å². The van der Waals surface area contributed by atoms with Crippen molar-refractivity contribution in [2.75, 3.05) is 7.11 Å². The van der Waals surface area contributed by atoms with Crippen molar-refractivity contribution in [2.24, 2.45) is 0 Å². The number of hydrogen-bond acceptors (Lipinski definition) is 3. The van der Waals surface area contributed by atoms with Gasteiger partial charge in [0.25, 0.3) is 0 Å². The van der Waals surface area contributed by atoms with Crippen LogP contribution in [-0.2, 0) is 6.54 Å². The van der Waals surface area contributed by atoms with Gasteiger partial charge in [0.1, 0.15) is 5.75 Å². The first-order valence-corrected chi connectivity index (χ1v) is 6.42. The summed E-state index contributed by atoms with van der Waals surface area (Å²) in [5, 5.41) is 13.7. The van der Waals surface area contributed by atoms with E-state index in [1.807, 2.05) is 24.4 Å². The van der Waals surface area contributed by atoms with E-state index >= 15 is 0 Å². The van der Waals surface area contributed by atoms with Crippen LogP contribution >= 0.6 is 15.9 Å². The fourth-order valence-electron chi connectivity index (χ4n) is 1.73. The zero-order valence-corrected chi connectivity index (χ0v) is 11.9. The van der Waals surface area contributed by atoms with Crippen LogP contribution in [-0.4, -0.2) is 22.0 Å². The van der Waals surface area contributed by atoms with Gasteiger partial charge in [-0.2, -0.15) is 5.10 Å². The minimum Gasteiger partial charge on any atom is -0.496 e. The molecule has 2 aromatic rings. The van der Waals surface area contributed by atoms with Gasteiger partial charge in [0, 0.05) is 21.8 Å². The summed E-state index contributed by atoms with van der Waals surface area (Å²) in [5.74, 6) is 0.826. The van der Waals surface area contributed by atoms with Crippen molar-refractivity contribution in [3.8, 4) is 5.75 Å². The van der Waals surface area contributed by atoms with Gasteiger partial charge in [-0.25, -0.2) is 0 Å². The number of nitrogens with zero attached hydrogens (tertiary/aromatic N) is 2. The number of aliphatic hydroxyl groups excluding tert-OH is 1. The molecular weight excluding hydrogens is 296 g/mol. The molecule has 0 bridgehead atoms. The van der Waals surface area contributed by atoms with Crippen LogP contribution in [0.3, 0.4) is 0 Å². The Kier molecular flexibility index (Phi) is 4.04. The molecule has 0 radical (unpaired) electrons. The molecule has 0 saturated heterocycles. The van der Waals surface area contributed by atoms with E-state index < -0.39 is 6.10 Å². The van der Waals surface area contributed by atoms with Gasteiger partial charge in [-0.3, -0.25) is 4.68 Å². The Bertz CT molecular complexity index is 538. The lowest BCUT2D eigenvalue weighted by Crippen LogP contribution is -2.02. The number of hydrogen-bond donors (Lipinski definition) is 1. The zero-order chi connectivity index (χ0) is 13.1. The molecule has 1 heterocycles. The van der Waals surface area contributed by atoms with Gasteiger partial charge < -0.3 is 9.84 Å². The van der Waals surface area contributed by atoms with Gasteiger partial charge in [-0.1, -0.05) is 15.9 Å². The molecule has 1 aromatic carbocycles. The number of aromatic nitrogens is 2. The molecule has 0 aliphatic carbocycles. The van der Waals surface area contributed by atoms with Gasteiger partial charge in [0.15, 0.2) is 0 Å². The molecule has 2 rings (SSSR count). The van der Waals surface area contributed by atoms with Crippen molar-refractivity contribution in [3.05, 3.63) is 46.2 Å². The van der Waals surface area contributed by atoms with Crippen molar-refractivity contribution in [1.82, 2.24) is 9.78 Å². The summed E-state index contributed by atoms with van der Waals surface area (Å²) in [6.07, 6.45) is 3.02. The molecule has 1 aromatic heterocycles. The average molecular weight is 311 g/mol. The average Bonchev–Trinajstić information content (AvgIpc) is 2.78. The molecule has 0 saturated carbocycles. The molecule has 5 heteroatoms. The number of rotatable bonds is 4. The van der Waals surface area contributed by atoms with Crippen LogP contribution in [0.5, 0.6) is 5.75 Å². The molecule has 1 N–H and O–H groups in total. The molecule has 4 nitrogen and oxygen atoms in total. The highest BCUT2D eigenvalue weighted by Gasteiger charge is 2.08. The van der Waals surface area contributed by atoms with Crippen molar-refractivity contribution in [3.63, 3.8) is 0 Å². The standard InChI is InChI=1S/C13H15BrN2O2/c1-9(17)11-6-15-16(8-11)7-10-5-12(14)3-4-13(10)18-2/h3-6,8-9,17H,7H2,1-2H3. The summed E-state index contributed by atoms with van der Waals surface area (Å²) in [5.41, 5.74) is 1.84. The Morgan fingerprint density at radius 2 is 2.28 bits per heavy atom. The fraction of sp³-hybridized carbons (Fsp3) is 0.308. The Labute approximate surface area is 114 Å². The molecule has 1 atom stereocenters. The highest BCUT2D eigenvalue weighted by molar-refractivity contribution is 9.10. The smallest absolute Gasteiger partial charge is 0.124 e. The van der Waals surface area contributed by atoms with E-state index in [1.165, 1.54) is 0 Å². The number of halogens is 1. The van der Waals surface area contributed by atoms with Crippen molar-refractivity contribution in [2.45, 2.75) is 19.6 Å². The van der Waals surface area contributed by atoms with E-state index in [2.05, 4.69) is 21.0 Å². The summed E-state index contributed by atoms with van der Waals surface area (Å²) in [6.45, 7) is 2.33. The number of aliphatic hydroxyl groups is 1. The third-order valence-corrected chi connectivity index (χ3v) is 3.20. The predicted octanol–water partition coefficient (Wildman–Crippen LogP) is 2.76. The molecule has 96 valence electrons. The van der Waals surface area contributed by atoms with Crippen LogP contribution in [0.1, 0.15) is 24.2 Å². The lowest BCUT2D eigenvalue weighted by atomic mass is 10.2. The minimum atomic E-state index is -0.497. The molecule has 0 fully saturated rings. The lowest BCUT2D eigenvalue weighted by molar-refractivity contribution is 0.199. The van der Waals surface area contributed by atoms with Crippen LogP contribution in [0, 0.1) is 0 Å². The van der Waals surface area contributed by atoms with E-state index in [4.69, 9.17) is 4.74 Å². The van der Waals surface area contributed by atoms with Gasteiger partial charge in [0.05, 0.1) is 26.0 Å². The topological polar surface area (TPSA) is 47.3 Å². The molecule has 0 spiro atoms. The highest BCUT2D eigenvalue weighted by atomic mass is 79.9. The van der Waals surface area contributed by atoms with E-state index in [9.17, 15) is 5.11 Å². The van der Waals surface area contributed by atoms with Crippen LogP contribution in [0.2, 0.25) is 0 Å². The molecule has 18 heavy (non-hydrogen) atoms. The van der Waals surface area contributed by atoms with Crippen LogP contribution in [0.15, 0.2) is 35.1 Å². The Morgan fingerprint density at radius 1 is 1.50 bits per heavy atom. The van der Waals surface area contributed by atoms with E-state index in [-0.39, 0.29) is 0 Å². The summed E-state index contributed by atoms with van der Waals surface area (Å²) >= 11 is 3.44. The Hall–Kier alpha value is -1.33. The highest BCUT2D eigenvalue weighted by Crippen LogP contribution is 2.24. The van der Waals surface area contributed by atoms with Gasteiger partial charge in [-0.05, 0) is 25.1 Å². The first-order chi connectivity index (χ1) is 8.60. The molecular formula is C13H15BrN2O2. The SMILES string of the molecule is COc1ccc(Br)cc1Cn1cc(C(C)O)cn1. The molecule has 0 aliphatic heterocycles. The van der Waals surface area contributed by atoms with E-state index in [0.29, 0.717) is 6.54 Å². The van der Waals surface area contributed by atoms with E-state index in [0.717, 1.165) is 21.3 Å². The van der Waals surface area contributed by atoms with Crippen molar-refractivity contribution in [1.29, 1.82) is 0 Å². The van der Waals surface area contributed by atoms with Crippen LogP contribution in [0.25, 0.3) is 0 Å². The maximum Gasteiger partial charge on any atom is 0.124 e. The first-order valence-electron chi connectivity index (χ1n) is 5.63. The summed E-state index contributed by atoms with van der Waals surface area (Å²) in [6, 6.07) is 5.85. The van der Waals surface area contributed by atoms with Gasteiger partial charge in [-0.15, -0.1) is 0 Å². The normalized spacial score (nSPS) is 12.4. The zero-order valence-electron chi connectivity index (χ0n) is 10.3. The third-order valence-electron chi connectivity index (χ3n) is 2.71. The molecule has 0 aliphatic rings. The maximum atomic E-state index is 9.46. The second-order valence-electron chi connectivity index (χ2n) is 4.10.